The molecule has 0 amide bonds. The minimum absolute atomic E-state index is 0.400. The molecule has 0 radical (unpaired) electrons. The van der Waals surface area contributed by atoms with Crippen LogP contribution < -0.4 is 0 Å². The fourth-order valence-corrected chi connectivity index (χ4v) is 5.91. The average Bonchev–Trinajstić information content (AvgIpc) is 2.59. The highest BCUT2D eigenvalue weighted by Gasteiger charge is 2.49. The van der Waals surface area contributed by atoms with Crippen LogP contribution in [0.3, 0.4) is 0 Å². The molecule has 0 atom stereocenters. The first-order valence-electron chi connectivity index (χ1n) is 6.61. The molecule has 92 valence electrons. The third kappa shape index (κ3) is 1.46. The number of thiazole rings is 1. The maximum atomic E-state index is 10.0. The molecule has 1 N–H and O–H groups in total. The Morgan fingerprint density at radius 2 is 1.71 bits per heavy atom. The summed E-state index contributed by atoms with van der Waals surface area (Å²) in [5, 5.41) is 11.8. The van der Waals surface area contributed by atoms with E-state index in [9.17, 15) is 5.11 Å². The molecule has 4 fully saturated rings. The SMILES string of the molecule is Oc1csc(=S)n1C1C2CC3CC(C2)CC1C3. The Morgan fingerprint density at radius 3 is 2.18 bits per heavy atom. The largest absolute Gasteiger partial charge is 0.494 e. The summed E-state index contributed by atoms with van der Waals surface area (Å²) >= 11 is 6.90. The Kier molecular flexibility index (Phi) is 2.22. The Hall–Kier alpha value is -0.350. The molecule has 1 heterocycles. The lowest BCUT2D eigenvalue weighted by Crippen LogP contribution is -2.45. The lowest BCUT2D eigenvalue weighted by molar-refractivity contribution is -0.0314. The molecule has 0 spiro atoms. The molecule has 4 aliphatic rings. The van der Waals surface area contributed by atoms with Gasteiger partial charge in [0, 0.05) is 6.04 Å². The normalized spacial score (nSPS) is 43.2. The van der Waals surface area contributed by atoms with Gasteiger partial charge in [0.2, 0.25) is 5.88 Å². The van der Waals surface area contributed by atoms with E-state index in [0.717, 1.165) is 27.6 Å². The fourth-order valence-electron chi connectivity index (χ4n) is 4.90. The van der Waals surface area contributed by atoms with Gasteiger partial charge in [0.25, 0.3) is 0 Å². The van der Waals surface area contributed by atoms with Crippen molar-refractivity contribution in [1.82, 2.24) is 4.57 Å². The summed E-state index contributed by atoms with van der Waals surface area (Å²) in [5.41, 5.74) is 0. The summed E-state index contributed by atoms with van der Waals surface area (Å²) in [5.74, 6) is 3.90. The maximum Gasteiger partial charge on any atom is 0.203 e. The van der Waals surface area contributed by atoms with Gasteiger partial charge in [-0.1, -0.05) is 0 Å². The van der Waals surface area contributed by atoms with E-state index in [4.69, 9.17) is 12.2 Å². The van der Waals surface area contributed by atoms with Crippen LogP contribution in [0.25, 0.3) is 0 Å². The average molecular weight is 267 g/mol. The molecule has 1 aromatic rings. The Bertz CT molecular complexity index is 476. The van der Waals surface area contributed by atoms with E-state index in [0.29, 0.717) is 11.9 Å². The van der Waals surface area contributed by atoms with E-state index in [2.05, 4.69) is 4.57 Å². The molecule has 2 nitrogen and oxygen atoms in total. The molecule has 5 rings (SSSR count). The molecule has 0 aromatic carbocycles. The predicted octanol–water partition coefficient (Wildman–Crippen LogP) is 3.98. The predicted molar refractivity (Wildman–Crippen MR) is 70.9 cm³/mol. The summed E-state index contributed by atoms with van der Waals surface area (Å²) in [6, 6.07) is 0.501. The second kappa shape index (κ2) is 3.58. The summed E-state index contributed by atoms with van der Waals surface area (Å²) < 4.78 is 2.92. The van der Waals surface area contributed by atoms with Crippen LogP contribution in [0.2, 0.25) is 0 Å². The zero-order valence-corrected chi connectivity index (χ0v) is 11.3. The van der Waals surface area contributed by atoms with Gasteiger partial charge in [0.15, 0.2) is 3.95 Å². The lowest BCUT2D eigenvalue weighted by Gasteiger charge is -2.54. The highest BCUT2D eigenvalue weighted by Crippen LogP contribution is 2.59. The van der Waals surface area contributed by atoms with Gasteiger partial charge < -0.3 is 5.11 Å². The van der Waals surface area contributed by atoms with Crippen molar-refractivity contribution in [2.75, 3.05) is 0 Å². The van der Waals surface area contributed by atoms with E-state index in [-0.39, 0.29) is 0 Å². The fraction of sp³-hybridized carbons (Fsp3) is 0.769. The van der Waals surface area contributed by atoms with Gasteiger partial charge in [-0.25, -0.2) is 0 Å². The molecule has 0 aliphatic heterocycles. The Labute approximate surface area is 110 Å². The van der Waals surface area contributed by atoms with E-state index < -0.39 is 0 Å². The van der Waals surface area contributed by atoms with Crippen LogP contribution in [0.15, 0.2) is 5.38 Å². The number of hydrogen-bond donors (Lipinski definition) is 1. The molecule has 0 unspecified atom stereocenters. The molecule has 4 saturated carbocycles. The monoisotopic (exact) mass is 267 g/mol. The minimum Gasteiger partial charge on any atom is -0.494 e. The van der Waals surface area contributed by atoms with Gasteiger partial charge in [-0.05, 0) is 68.0 Å². The Balaban J connectivity index is 1.78. The van der Waals surface area contributed by atoms with Crippen molar-refractivity contribution < 1.29 is 5.11 Å². The highest BCUT2D eigenvalue weighted by molar-refractivity contribution is 7.73. The van der Waals surface area contributed by atoms with Crippen LogP contribution >= 0.6 is 23.6 Å². The molecular weight excluding hydrogens is 250 g/mol. The summed E-state index contributed by atoms with van der Waals surface area (Å²) in [7, 11) is 0. The highest BCUT2D eigenvalue weighted by atomic mass is 32.1. The van der Waals surface area contributed by atoms with Gasteiger partial charge in [-0.15, -0.1) is 11.3 Å². The molecule has 4 bridgehead atoms. The smallest absolute Gasteiger partial charge is 0.203 e. The van der Waals surface area contributed by atoms with Crippen LogP contribution in [0.1, 0.15) is 38.1 Å². The number of aromatic hydroxyl groups is 1. The third-order valence-electron chi connectivity index (χ3n) is 5.18. The standard InChI is InChI=1S/C13H17NOS2/c15-11-6-17-13(16)14(11)12-9-2-7-1-8(4-9)5-10(12)3-7/h6-10,12,15H,1-5H2. The first-order chi connectivity index (χ1) is 8.22. The van der Waals surface area contributed by atoms with E-state index in [1.165, 1.54) is 43.4 Å². The number of rotatable bonds is 1. The second-order valence-corrected chi connectivity index (χ2v) is 7.65. The van der Waals surface area contributed by atoms with Crippen molar-refractivity contribution in [2.45, 2.75) is 38.1 Å². The zero-order valence-electron chi connectivity index (χ0n) is 9.71. The minimum atomic E-state index is 0.400. The van der Waals surface area contributed by atoms with Gasteiger partial charge in [-0.2, -0.15) is 0 Å². The van der Waals surface area contributed by atoms with E-state index in [1.54, 1.807) is 5.38 Å². The number of hydrogen-bond acceptors (Lipinski definition) is 3. The van der Waals surface area contributed by atoms with Gasteiger partial charge in [-0.3, -0.25) is 4.57 Å². The van der Waals surface area contributed by atoms with Gasteiger partial charge in [0.1, 0.15) is 0 Å². The summed E-state index contributed by atoms with van der Waals surface area (Å²) in [4.78, 5) is 0. The lowest BCUT2D eigenvalue weighted by atomic mass is 9.54. The Morgan fingerprint density at radius 1 is 1.12 bits per heavy atom. The third-order valence-corrected chi connectivity index (χ3v) is 6.40. The van der Waals surface area contributed by atoms with E-state index >= 15 is 0 Å². The molecule has 4 heteroatoms. The van der Waals surface area contributed by atoms with Gasteiger partial charge >= 0.3 is 0 Å². The van der Waals surface area contributed by atoms with Crippen LogP contribution in [-0.2, 0) is 0 Å². The molecule has 1 aromatic heterocycles. The molecule has 17 heavy (non-hydrogen) atoms. The summed E-state index contributed by atoms with van der Waals surface area (Å²) in [6.07, 6.45) is 6.95. The first kappa shape index (κ1) is 10.6. The van der Waals surface area contributed by atoms with Crippen LogP contribution in [0, 0.1) is 27.6 Å². The molecular formula is C13H17NOS2. The van der Waals surface area contributed by atoms with Crippen LogP contribution in [-0.4, -0.2) is 9.67 Å². The van der Waals surface area contributed by atoms with Crippen molar-refractivity contribution in [3.63, 3.8) is 0 Å². The van der Waals surface area contributed by atoms with Crippen molar-refractivity contribution >= 4 is 23.6 Å². The van der Waals surface area contributed by atoms with E-state index in [1.807, 2.05) is 0 Å². The molecule has 4 aliphatic carbocycles. The maximum absolute atomic E-state index is 10.0. The van der Waals surface area contributed by atoms with Crippen molar-refractivity contribution in [3.8, 4) is 5.88 Å². The zero-order chi connectivity index (χ0) is 11.6. The van der Waals surface area contributed by atoms with Crippen molar-refractivity contribution in [2.24, 2.45) is 23.7 Å². The second-order valence-electron chi connectivity index (χ2n) is 6.15. The van der Waals surface area contributed by atoms with Crippen LogP contribution in [0.4, 0.5) is 0 Å². The summed E-state index contributed by atoms with van der Waals surface area (Å²) in [6.45, 7) is 0. The van der Waals surface area contributed by atoms with Crippen molar-refractivity contribution in [3.05, 3.63) is 9.33 Å². The number of aromatic nitrogens is 1. The van der Waals surface area contributed by atoms with Crippen LogP contribution in [0.5, 0.6) is 5.88 Å². The molecule has 0 saturated heterocycles. The topological polar surface area (TPSA) is 25.2 Å². The number of nitrogens with zero attached hydrogens (tertiary/aromatic N) is 1. The van der Waals surface area contributed by atoms with Gasteiger partial charge in [0.05, 0.1) is 5.38 Å². The first-order valence-corrected chi connectivity index (χ1v) is 7.90. The van der Waals surface area contributed by atoms with Crippen molar-refractivity contribution in [1.29, 1.82) is 0 Å². The quantitative estimate of drug-likeness (QED) is 0.779.